The molecule has 5 heteroatoms. The van der Waals surface area contributed by atoms with Crippen LogP contribution in [0.3, 0.4) is 0 Å². The number of hydrogen-bond acceptors (Lipinski definition) is 3. The fraction of sp³-hybridized carbons (Fsp3) is 0.500. The Bertz CT molecular complexity index is 447. The van der Waals surface area contributed by atoms with E-state index in [1.165, 1.54) is 6.07 Å². The monoisotopic (exact) mass is 266 g/mol. The summed E-state index contributed by atoms with van der Waals surface area (Å²) in [5.74, 6) is -0.267. The molecule has 0 heterocycles. The number of hydrogen-bond donors (Lipinski definition) is 2. The summed E-state index contributed by atoms with van der Waals surface area (Å²) in [6.45, 7) is 0.673. The van der Waals surface area contributed by atoms with E-state index >= 15 is 0 Å². The number of ether oxygens (including phenoxy) is 1. The first kappa shape index (κ1) is 13.8. The fourth-order valence-electron chi connectivity index (χ4n) is 1.76. The predicted molar refractivity (Wildman–Crippen MR) is 70.4 cm³/mol. The average molecular weight is 266 g/mol. The van der Waals surface area contributed by atoms with Crippen LogP contribution in [0.4, 0.5) is 4.39 Å². The van der Waals surface area contributed by atoms with Gasteiger partial charge in [-0.3, -0.25) is 4.79 Å². The Balaban J connectivity index is 1.76. The maximum atomic E-state index is 13.7. The average Bonchev–Trinajstić information content (AvgIpc) is 3.16. The molecule has 0 unspecified atom stereocenters. The van der Waals surface area contributed by atoms with Gasteiger partial charge in [0.05, 0.1) is 13.0 Å². The number of nitrogens with one attached hydrogen (secondary N) is 1. The minimum atomic E-state index is -0.409. The highest BCUT2D eigenvalue weighted by molar-refractivity contribution is 5.76. The lowest BCUT2D eigenvalue weighted by molar-refractivity contribution is -0.121. The van der Waals surface area contributed by atoms with Crippen molar-refractivity contribution in [1.29, 1.82) is 0 Å². The van der Waals surface area contributed by atoms with E-state index in [-0.39, 0.29) is 24.7 Å². The van der Waals surface area contributed by atoms with E-state index in [9.17, 15) is 9.18 Å². The molecule has 1 aromatic rings. The molecule has 3 N–H and O–H groups in total. The first-order valence-corrected chi connectivity index (χ1v) is 6.59. The molecular formula is C14H19FN2O2. The lowest BCUT2D eigenvalue weighted by Crippen LogP contribution is -2.26. The summed E-state index contributed by atoms with van der Waals surface area (Å²) >= 11 is 0. The number of benzene rings is 1. The van der Waals surface area contributed by atoms with Crippen LogP contribution in [-0.2, 0) is 11.2 Å². The molecule has 0 saturated heterocycles. The van der Waals surface area contributed by atoms with Gasteiger partial charge in [-0.2, -0.15) is 0 Å². The van der Waals surface area contributed by atoms with Gasteiger partial charge in [0, 0.05) is 6.04 Å². The van der Waals surface area contributed by atoms with Gasteiger partial charge in [0.15, 0.2) is 11.6 Å². The van der Waals surface area contributed by atoms with Gasteiger partial charge in [-0.05, 0) is 43.5 Å². The van der Waals surface area contributed by atoms with E-state index in [0.717, 1.165) is 18.4 Å². The standard InChI is InChI=1S/C14H19FN2O2/c15-12-9-10(5-7-16)1-4-13(12)19-8-6-14(18)17-11-2-3-11/h1,4,9,11H,2-3,5-8,16H2,(H,17,18). The van der Waals surface area contributed by atoms with E-state index in [1.54, 1.807) is 12.1 Å². The molecular weight excluding hydrogens is 247 g/mol. The Kier molecular flexibility index (Phi) is 4.74. The van der Waals surface area contributed by atoms with Crippen molar-refractivity contribution in [3.8, 4) is 5.75 Å². The van der Waals surface area contributed by atoms with E-state index in [0.29, 0.717) is 19.0 Å². The smallest absolute Gasteiger partial charge is 0.223 e. The van der Waals surface area contributed by atoms with Crippen molar-refractivity contribution in [1.82, 2.24) is 5.32 Å². The molecule has 19 heavy (non-hydrogen) atoms. The molecule has 1 amide bonds. The zero-order valence-corrected chi connectivity index (χ0v) is 10.8. The van der Waals surface area contributed by atoms with Crippen LogP contribution in [0.15, 0.2) is 18.2 Å². The first-order chi connectivity index (χ1) is 9.19. The van der Waals surface area contributed by atoms with Crippen molar-refractivity contribution < 1.29 is 13.9 Å². The predicted octanol–water partition coefficient (Wildman–Crippen LogP) is 1.37. The van der Waals surface area contributed by atoms with E-state index in [4.69, 9.17) is 10.5 Å². The van der Waals surface area contributed by atoms with Gasteiger partial charge in [0.1, 0.15) is 0 Å². The lowest BCUT2D eigenvalue weighted by Gasteiger charge is -2.08. The van der Waals surface area contributed by atoms with Crippen molar-refractivity contribution in [3.05, 3.63) is 29.6 Å². The molecule has 0 aromatic heterocycles. The summed E-state index contributed by atoms with van der Waals surface area (Å²) < 4.78 is 18.9. The highest BCUT2D eigenvalue weighted by Gasteiger charge is 2.22. The molecule has 0 spiro atoms. The molecule has 104 valence electrons. The van der Waals surface area contributed by atoms with Crippen LogP contribution in [0.2, 0.25) is 0 Å². The summed E-state index contributed by atoms with van der Waals surface area (Å²) in [6.07, 6.45) is 3.01. The quantitative estimate of drug-likeness (QED) is 0.783. The van der Waals surface area contributed by atoms with Crippen LogP contribution >= 0.6 is 0 Å². The third-order valence-corrected chi connectivity index (χ3v) is 2.96. The van der Waals surface area contributed by atoms with Crippen LogP contribution < -0.4 is 15.8 Å². The Morgan fingerprint density at radius 2 is 2.26 bits per heavy atom. The number of carbonyl (C=O) groups excluding carboxylic acids is 1. The Morgan fingerprint density at radius 3 is 2.89 bits per heavy atom. The SMILES string of the molecule is NCCc1ccc(OCCC(=O)NC2CC2)c(F)c1. The Labute approximate surface area is 112 Å². The van der Waals surface area contributed by atoms with Crippen LogP contribution in [0.25, 0.3) is 0 Å². The number of halogens is 1. The number of rotatable bonds is 7. The van der Waals surface area contributed by atoms with Crippen molar-refractivity contribution in [3.63, 3.8) is 0 Å². The third-order valence-electron chi connectivity index (χ3n) is 2.96. The zero-order chi connectivity index (χ0) is 13.7. The topological polar surface area (TPSA) is 64.3 Å². The first-order valence-electron chi connectivity index (χ1n) is 6.59. The van der Waals surface area contributed by atoms with Crippen LogP contribution in [0, 0.1) is 5.82 Å². The minimum Gasteiger partial charge on any atom is -0.490 e. The van der Waals surface area contributed by atoms with Gasteiger partial charge >= 0.3 is 0 Å². The molecule has 0 atom stereocenters. The second-order valence-corrected chi connectivity index (χ2v) is 4.74. The Morgan fingerprint density at radius 1 is 1.47 bits per heavy atom. The van der Waals surface area contributed by atoms with Gasteiger partial charge in [-0.25, -0.2) is 4.39 Å². The molecule has 1 aliphatic carbocycles. The van der Waals surface area contributed by atoms with E-state index in [2.05, 4.69) is 5.32 Å². The van der Waals surface area contributed by atoms with Crippen LogP contribution in [-0.4, -0.2) is 25.1 Å². The van der Waals surface area contributed by atoms with Crippen molar-refractivity contribution in [2.45, 2.75) is 31.7 Å². The molecule has 1 aliphatic rings. The second-order valence-electron chi connectivity index (χ2n) is 4.74. The van der Waals surface area contributed by atoms with Gasteiger partial charge in [0.25, 0.3) is 0 Å². The summed E-state index contributed by atoms with van der Waals surface area (Å²) in [4.78, 5) is 11.4. The van der Waals surface area contributed by atoms with Gasteiger partial charge in [-0.1, -0.05) is 6.07 Å². The summed E-state index contributed by atoms with van der Waals surface area (Å²) in [5, 5.41) is 2.85. The Hall–Kier alpha value is -1.62. The normalized spacial score (nSPS) is 14.2. The fourth-order valence-corrected chi connectivity index (χ4v) is 1.76. The van der Waals surface area contributed by atoms with Crippen molar-refractivity contribution in [2.75, 3.05) is 13.2 Å². The summed E-state index contributed by atoms with van der Waals surface area (Å²) in [7, 11) is 0. The largest absolute Gasteiger partial charge is 0.490 e. The zero-order valence-electron chi connectivity index (χ0n) is 10.8. The number of nitrogens with two attached hydrogens (primary N) is 1. The number of carbonyl (C=O) groups is 1. The van der Waals surface area contributed by atoms with Gasteiger partial charge in [-0.15, -0.1) is 0 Å². The summed E-state index contributed by atoms with van der Waals surface area (Å²) in [6, 6.07) is 5.14. The van der Waals surface area contributed by atoms with Crippen LogP contribution in [0.5, 0.6) is 5.75 Å². The molecule has 2 rings (SSSR count). The maximum Gasteiger partial charge on any atom is 0.223 e. The molecule has 1 fully saturated rings. The second kappa shape index (κ2) is 6.52. The van der Waals surface area contributed by atoms with E-state index in [1.807, 2.05) is 0 Å². The molecule has 1 saturated carbocycles. The van der Waals surface area contributed by atoms with Gasteiger partial charge < -0.3 is 15.8 Å². The summed E-state index contributed by atoms with van der Waals surface area (Å²) in [5.41, 5.74) is 6.25. The molecule has 0 aliphatic heterocycles. The highest BCUT2D eigenvalue weighted by atomic mass is 19.1. The molecule has 1 aromatic carbocycles. The maximum absolute atomic E-state index is 13.7. The van der Waals surface area contributed by atoms with E-state index < -0.39 is 5.82 Å². The van der Waals surface area contributed by atoms with Crippen LogP contribution in [0.1, 0.15) is 24.8 Å². The lowest BCUT2D eigenvalue weighted by atomic mass is 10.1. The van der Waals surface area contributed by atoms with Gasteiger partial charge in [0.2, 0.25) is 5.91 Å². The highest BCUT2D eigenvalue weighted by Crippen LogP contribution is 2.20. The number of amides is 1. The van der Waals surface area contributed by atoms with Crippen molar-refractivity contribution in [2.24, 2.45) is 5.73 Å². The van der Waals surface area contributed by atoms with Crippen molar-refractivity contribution >= 4 is 5.91 Å². The minimum absolute atomic E-state index is 0.0392. The third kappa shape index (κ3) is 4.52. The molecule has 0 bridgehead atoms. The molecule has 0 radical (unpaired) electrons. The molecule has 4 nitrogen and oxygen atoms in total.